The molecule has 1 N–H and O–H groups in total. The maximum atomic E-state index is 12.4. The van der Waals surface area contributed by atoms with Gasteiger partial charge in [-0.25, -0.2) is 10.1 Å². The molecule has 0 spiro atoms. The molecule has 1 heterocycles. The molecule has 1 unspecified atom stereocenters. The number of rotatable bonds is 4. The van der Waals surface area contributed by atoms with Gasteiger partial charge in [0.1, 0.15) is 11.1 Å². The van der Waals surface area contributed by atoms with Crippen LogP contribution in [0.25, 0.3) is 0 Å². The van der Waals surface area contributed by atoms with Crippen molar-refractivity contribution in [3.05, 3.63) is 45.9 Å². The third-order valence-corrected chi connectivity index (χ3v) is 3.66. The lowest BCUT2D eigenvalue weighted by Gasteiger charge is -2.08. The average molecular weight is 301 g/mol. The number of hydrogen-bond donors (Lipinski definition) is 1. The molecule has 3 nitrogen and oxygen atoms in total. The summed E-state index contributed by atoms with van der Waals surface area (Å²) < 4.78 is 37.2. The van der Waals surface area contributed by atoms with Gasteiger partial charge in [0, 0.05) is 11.1 Å². The highest BCUT2D eigenvalue weighted by Gasteiger charge is 2.29. The Morgan fingerprint density at radius 2 is 1.95 bits per heavy atom. The standard InChI is InChI=1S/C13H12F3N2OS/c1-8(19)12-18-11(7-20-12)6-17-10-4-2-9(3-5-10)13(14,15)16/h2-5,7-8,17H,6H2,1H3. The van der Waals surface area contributed by atoms with Crippen molar-refractivity contribution in [2.75, 3.05) is 5.32 Å². The van der Waals surface area contributed by atoms with Crippen LogP contribution in [0.15, 0.2) is 29.6 Å². The van der Waals surface area contributed by atoms with Crippen molar-refractivity contribution in [2.24, 2.45) is 0 Å². The summed E-state index contributed by atoms with van der Waals surface area (Å²) in [6.45, 7) is 1.89. The number of anilines is 1. The van der Waals surface area contributed by atoms with Gasteiger partial charge in [0.15, 0.2) is 0 Å². The smallest absolute Gasteiger partial charge is 0.379 e. The lowest BCUT2D eigenvalue weighted by atomic mass is 10.2. The first kappa shape index (κ1) is 14.8. The van der Waals surface area contributed by atoms with Crippen LogP contribution in [0.4, 0.5) is 18.9 Å². The molecule has 1 radical (unpaired) electrons. The monoisotopic (exact) mass is 301 g/mol. The SMILES string of the molecule is CC([O])c1nc(CNc2ccc(C(F)(F)F)cc2)cs1. The molecule has 1 aromatic carbocycles. The Morgan fingerprint density at radius 3 is 2.45 bits per heavy atom. The molecular weight excluding hydrogens is 289 g/mol. The zero-order valence-corrected chi connectivity index (χ0v) is 11.4. The Morgan fingerprint density at radius 1 is 1.30 bits per heavy atom. The van der Waals surface area contributed by atoms with Gasteiger partial charge in [-0.05, 0) is 31.2 Å². The number of alkyl halides is 3. The van der Waals surface area contributed by atoms with Crippen LogP contribution in [0.2, 0.25) is 0 Å². The summed E-state index contributed by atoms with van der Waals surface area (Å²) in [7, 11) is 0. The van der Waals surface area contributed by atoms with Crippen molar-refractivity contribution in [1.82, 2.24) is 4.98 Å². The minimum absolute atomic E-state index is 0.370. The van der Waals surface area contributed by atoms with Crippen LogP contribution in [-0.2, 0) is 17.8 Å². The topological polar surface area (TPSA) is 44.8 Å². The van der Waals surface area contributed by atoms with E-state index in [1.807, 2.05) is 0 Å². The van der Waals surface area contributed by atoms with Gasteiger partial charge in [-0.15, -0.1) is 11.3 Å². The summed E-state index contributed by atoms with van der Waals surface area (Å²) in [4.78, 5) is 4.15. The molecular formula is C13H12F3N2OS. The fraction of sp³-hybridized carbons (Fsp3) is 0.308. The van der Waals surface area contributed by atoms with E-state index >= 15 is 0 Å². The molecule has 0 bridgehead atoms. The van der Waals surface area contributed by atoms with Crippen molar-refractivity contribution >= 4 is 17.0 Å². The first-order valence-corrected chi connectivity index (χ1v) is 6.75. The van der Waals surface area contributed by atoms with Gasteiger partial charge in [0.2, 0.25) is 0 Å². The Bertz CT molecular complexity index is 564. The van der Waals surface area contributed by atoms with Crippen molar-refractivity contribution in [3.63, 3.8) is 0 Å². The second-order valence-corrected chi connectivity index (χ2v) is 5.14. The largest absolute Gasteiger partial charge is 0.416 e. The van der Waals surface area contributed by atoms with E-state index in [1.54, 1.807) is 5.38 Å². The van der Waals surface area contributed by atoms with Crippen LogP contribution < -0.4 is 5.32 Å². The van der Waals surface area contributed by atoms with Crippen LogP contribution in [-0.4, -0.2) is 4.98 Å². The summed E-state index contributed by atoms with van der Waals surface area (Å²) in [5, 5.41) is 16.4. The van der Waals surface area contributed by atoms with Crippen LogP contribution in [0.1, 0.15) is 29.3 Å². The van der Waals surface area contributed by atoms with E-state index in [-0.39, 0.29) is 0 Å². The number of benzene rings is 1. The van der Waals surface area contributed by atoms with Gasteiger partial charge in [-0.1, -0.05) is 0 Å². The number of nitrogens with one attached hydrogen (secondary N) is 1. The molecule has 0 saturated carbocycles. The van der Waals surface area contributed by atoms with Gasteiger partial charge < -0.3 is 5.32 Å². The predicted molar refractivity (Wildman–Crippen MR) is 70.0 cm³/mol. The molecule has 0 amide bonds. The van der Waals surface area contributed by atoms with Gasteiger partial charge in [-0.2, -0.15) is 13.2 Å². The highest BCUT2D eigenvalue weighted by atomic mass is 32.1. The third-order valence-electron chi connectivity index (χ3n) is 2.60. The zero-order chi connectivity index (χ0) is 14.8. The van der Waals surface area contributed by atoms with E-state index in [2.05, 4.69) is 10.3 Å². The second-order valence-electron chi connectivity index (χ2n) is 4.25. The van der Waals surface area contributed by atoms with Crippen molar-refractivity contribution in [2.45, 2.75) is 25.7 Å². The number of aromatic nitrogens is 1. The fourth-order valence-corrected chi connectivity index (χ4v) is 2.31. The molecule has 20 heavy (non-hydrogen) atoms. The summed E-state index contributed by atoms with van der Waals surface area (Å²) >= 11 is 1.29. The lowest BCUT2D eigenvalue weighted by Crippen LogP contribution is -2.05. The highest BCUT2D eigenvalue weighted by molar-refractivity contribution is 7.09. The van der Waals surface area contributed by atoms with Gasteiger partial charge in [0.05, 0.1) is 17.8 Å². The number of thiazole rings is 1. The minimum Gasteiger partial charge on any atom is -0.379 e. The van der Waals surface area contributed by atoms with Gasteiger partial charge >= 0.3 is 6.18 Å². The summed E-state index contributed by atoms with van der Waals surface area (Å²) in [5.41, 5.74) is 0.592. The summed E-state index contributed by atoms with van der Waals surface area (Å²) in [6, 6.07) is 4.78. The quantitative estimate of drug-likeness (QED) is 0.916. The van der Waals surface area contributed by atoms with Crippen molar-refractivity contribution in [3.8, 4) is 0 Å². The molecule has 0 aliphatic heterocycles. The van der Waals surface area contributed by atoms with E-state index in [0.717, 1.165) is 12.1 Å². The van der Waals surface area contributed by atoms with E-state index < -0.39 is 17.8 Å². The number of hydrogen-bond acceptors (Lipinski definition) is 3. The molecule has 1 atom stereocenters. The minimum atomic E-state index is -4.33. The molecule has 0 saturated heterocycles. The van der Waals surface area contributed by atoms with Crippen molar-refractivity contribution < 1.29 is 18.3 Å². The summed E-state index contributed by atoms with van der Waals surface area (Å²) in [5.74, 6) is 0. The van der Waals surface area contributed by atoms with Crippen LogP contribution >= 0.6 is 11.3 Å². The Hall–Kier alpha value is -1.60. The highest BCUT2D eigenvalue weighted by Crippen LogP contribution is 2.29. The molecule has 107 valence electrons. The molecule has 0 aliphatic rings. The number of halogens is 3. The molecule has 7 heteroatoms. The molecule has 1 aromatic heterocycles. The molecule has 0 aliphatic carbocycles. The molecule has 2 aromatic rings. The van der Waals surface area contributed by atoms with Crippen LogP contribution in [0, 0.1) is 0 Å². The van der Waals surface area contributed by atoms with Gasteiger partial charge in [-0.3, -0.25) is 0 Å². The maximum absolute atomic E-state index is 12.4. The Kier molecular flexibility index (Phi) is 4.29. The lowest BCUT2D eigenvalue weighted by molar-refractivity contribution is -0.137. The van der Waals surface area contributed by atoms with E-state index in [4.69, 9.17) is 0 Å². The van der Waals surface area contributed by atoms with Gasteiger partial charge in [0.25, 0.3) is 0 Å². The third kappa shape index (κ3) is 3.71. The molecule has 2 rings (SSSR count). The first-order valence-electron chi connectivity index (χ1n) is 5.87. The van der Waals surface area contributed by atoms with Crippen molar-refractivity contribution in [1.29, 1.82) is 0 Å². The predicted octanol–water partition coefficient (Wildman–Crippen LogP) is 4.27. The number of nitrogens with zero attached hydrogens (tertiary/aromatic N) is 1. The van der Waals surface area contributed by atoms with Crippen LogP contribution in [0.3, 0.4) is 0 Å². The van der Waals surface area contributed by atoms with E-state index in [0.29, 0.717) is 22.9 Å². The molecule has 0 fully saturated rings. The Labute approximate surface area is 118 Å². The zero-order valence-electron chi connectivity index (χ0n) is 10.6. The Balaban J connectivity index is 1.97. The van der Waals surface area contributed by atoms with E-state index in [9.17, 15) is 18.3 Å². The summed E-state index contributed by atoms with van der Waals surface area (Å²) in [6.07, 6.45) is -5.19. The van der Waals surface area contributed by atoms with E-state index in [1.165, 1.54) is 30.4 Å². The normalized spacial score (nSPS) is 13.2. The fourth-order valence-electron chi connectivity index (χ4n) is 1.56. The van der Waals surface area contributed by atoms with Crippen LogP contribution in [0.5, 0.6) is 0 Å². The maximum Gasteiger partial charge on any atom is 0.416 e. The second kappa shape index (κ2) is 5.80. The first-order chi connectivity index (χ1) is 9.36. The average Bonchev–Trinajstić information content (AvgIpc) is 2.85.